The zero-order chi connectivity index (χ0) is 17.3. The third kappa shape index (κ3) is 3.50. The average Bonchev–Trinajstić information content (AvgIpc) is 3.09. The standard InChI is InChI=1S/C16H22N4O3S/c1-10-14(11(2)23-18-10)15(16(21)22)20-6-4-19(5-7-20)8-13-9-24-12(3)17-13/h9,15H,4-8H2,1-3H3,(H,21,22). The molecule has 0 saturated carbocycles. The smallest absolute Gasteiger partial charge is 0.325 e. The van der Waals surface area contributed by atoms with Crippen molar-refractivity contribution in [2.24, 2.45) is 0 Å². The molecule has 24 heavy (non-hydrogen) atoms. The minimum absolute atomic E-state index is 0.584. The number of aromatic nitrogens is 2. The Kier molecular flexibility index (Phi) is 4.98. The number of hydrogen-bond donors (Lipinski definition) is 1. The third-order valence-corrected chi connectivity index (χ3v) is 5.24. The lowest BCUT2D eigenvalue weighted by atomic mass is 10.0. The highest BCUT2D eigenvalue weighted by molar-refractivity contribution is 7.09. The number of nitrogens with zero attached hydrogens (tertiary/aromatic N) is 4. The van der Waals surface area contributed by atoms with Crippen LogP contribution in [-0.4, -0.2) is 57.2 Å². The number of carboxylic acid groups (broad SMARTS) is 1. The van der Waals surface area contributed by atoms with Gasteiger partial charge in [-0.15, -0.1) is 11.3 Å². The largest absolute Gasteiger partial charge is 0.480 e. The number of rotatable bonds is 5. The molecule has 1 saturated heterocycles. The van der Waals surface area contributed by atoms with Gasteiger partial charge in [-0.05, 0) is 20.8 Å². The minimum atomic E-state index is -0.854. The van der Waals surface area contributed by atoms with E-state index in [0.717, 1.165) is 30.3 Å². The topological polar surface area (TPSA) is 82.7 Å². The number of thiazole rings is 1. The number of carbonyl (C=O) groups is 1. The molecule has 0 spiro atoms. The minimum Gasteiger partial charge on any atom is -0.480 e. The second kappa shape index (κ2) is 7.00. The van der Waals surface area contributed by atoms with Gasteiger partial charge in [0.15, 0.2) is 0 Å². The van der Waals surface area contributed by atoms with Gasteiger partial charge in [0.1, 0.15) is 11.8 Å². The maximum Gasteiger partial charge on any atom is 0.325 e. The quantitative estimate of drug-likeness (QED) is 0.883. The summed E-state index contributed by atoms with van der Waals surface area (Å²) in [5.74, 6) is -0.270. The van der Waals surface area contributed by atoms with Crippen molar-refractivity contribution in [2.75, 3.05) is 26.2 Å². The number of carboxylic acids is 1. The summed E-state index contributed by atoms with van der Waals surface area (Å²) < 4.78 is 5.16. The fraction of sp³-hybridized carbons (Fsp3) is 0.562. The van der Waals surface area contributed by atoms with Crippen LogP contribution in [0.2, 0.25) is 0 Å². The molecule has 1 fully saturated rings. The molecule has 0 aromatic carbocycles. The molecular formula is C16H22N4O3S. The Balaban J connectivity index is 1.67. The predicted octanol–water partition coefficient (Wildman–Crippen LogP) is 2.00. The van der Waals surface area contributed by atoms with Crippen LogP contribution in [-0.2, 0) is 11.3 Å². The van der Waals surface area contributed by atoms with Crippen molar-refractivity contribution in [2.45, 2.75) is 33.4 Å². The van der Waals surface area contributed by atoms with E-state index in [1.165, 1.54) is 0 Å². The van der Waals surface area contributed by atoms with Crippen LogP contribution in [0.15, 0.2) is 9.90 Å². The van der Waals surface area contributed by atoms with Crippen LogP contribution in [0.25, 0.3) is 0 Å². The van der Waals surface area contributed by atoms with Crippen LogP contribution in [0.5, 0.6) is 0 Å². The van der Waals surface area contributed by atoms with Gasteiger partial charge in [-0.2, -0.15) is 0 Å². The highest BCUT2D eigenvalue weighted by Gasteiger charge is 2.34. The molecule has 0 bridgehead atoms. The van der Waals surface area contributed by atoms with Crippen LogP contribution in [0, 0.1) is 20.8 Å². The van der Waals surface area contributed by atoms with Gasteiger partial charge in [-0.3, -0.25) is 14.6 Å². The van der Waals surface area contributed by atoms with Gasteiger partial charge in [0, 0.05) is 43.7 Å². The number of piperazine rings is 1. The molecule has 0 amide bonds. The van der Waals surface area contributed by atoms with Gasteiger partial charge in [-0.25, -0.2) is 4.98 Å². The average molecular weight is 350 g/mol. The van der Waals surface area contributed by atoms with E-state index < -0.39 is 12.0 Å². The molecule has 1 unspecified atom stereocenters. The van der Waals surface area contributed by atoms with Gasteiger partial charge >= 0.3 is 5.97 Å². The number of hydrogen-bond acceptors (Lipinski definition) is 7. The van der Waals surface area contributed by atoms with Crippen LogP contribution < -0.4 is 0 Å². The van der Waals surface area contributed by atoms with Crippen molar-refractivity contribution < 1.29 is 14.4 Å². The molecule has 3 heterocycles. The highest BCUT2D eigenvalue weighted by Crippen LogP contribution is 2.28. The fourth-order valence-corrected chi connectivity index (χ4v) is 3.84. The van der Waals surface area contributed by atoms with Crippen LogP contribution in [0.4, 0.5) is 0 Å². The molecule has 8 heteroatoms. The van der Waals surface area contributed by atoms with E-state index >= 15 is 0 Å². The van der Waals surface area contributed by atoms with Crippen molar-refractivity contribution in [1.82, 2.24) is 19.9 Å². The molecule has 0 radical (unpaired) electrons. The molecule has 1 aliphatic heterocycles. The van der Waals surface area contributed by atoms with Gasteiger partial charge in [0.25, 0.3) is 0 Å². The molecule has 0 aliphatic carbocycles. The third-order valence-electron chi connectivity index (χ3n) is 4.42. The maximum atomic E-state index is 11.8. The summed E-state index contributed by atoms with van der Waals surface area (Å²) in [4.78, 5) is 20.7. The van der Waals surface area contributed by atoms with Crippen molar-refractivity contribution in [3.8, 4) is 0 Å². The first-order valence-electron chi connectivity index (χ1n) is 7.98. The van der Waals surface area contributed by atoms with Crippen molar-refractivity contribution >= 4 is 17.3 Å². The molecule has 1 N–H and O–H groups in total. The fourth-order valence-electron chi connectivity index (χ4n) is 3.23. The van der Waals surface area contributed by atoms with E-state index in [9.17, 15) is 9.90 Å². The van der Waals surface area contributed by atoms with Gasteiger partial charge in [0.05, 0.1) is 16.4 Å². The zero-order valence-corrected chi connectivity index (χ0v) is 15.0. The Morgan fingerprint density at radius 3 is 2.54 bits per heavy atom. The van der Waals surface area contributed by atoms with Crippen molar-refractivity contribution in [3.05, 3.63) is 33.1 Å². The predicted molar refractivity (Wildman–Crippen MR) is 90.1 cm³/mol. The van der Waals surface area contributed by atoms with Crippen LogP contribution in [0.3, 0.4) is 0 Å². The summed E-state index contributed by atoms with van der Waals surface area (Å²) >= 11 is 1.66. The van der Waals surface area contributed by atoms with E-state index in [4.69, 9.17) is 4.52 Å². The molecule has 2 aromatic heterocycles. The summed E-state index contributed by atoms with van der Waals surface area (Å²) in [6, 6.07) is -0.695. The number of aryl methyl sites for hydroxylation is 3. The molecule has 7 nitrogen and oxygen atoms in total. The Hall–Kier alpha value is -1.77. The molecule has 2 aromatic rings. The van der Waals surface area contributed by atoms with E-state index in [-0.39, 0.29) is 0 Å². The Labute approximate surface area is 144 Å². The lowest BCUT2D eigenvalue weighted by Crippen LogP contribution is -2.49. The summed E-state index contributed by atoms with van der Waals surface area (Å²) in [5, 5.41) is 16.8. The van der Waals surface area contributed by atoms with Crippen LogP contribution >= 0.6 is 11.3 Å². The second-order valence-corrected chi connectivity index (χ2v) is 7.21. The van der Waals surface area contributed by atoms with Crippen molar-refractivity contribution in [3.63, 3.8) is 0 Å². The van der Waals surface area contributed by atoms with Crippen molar-refractivity contribution in [1.29, 1.82) is 0 Å². The first kappa shape index (κ1) is 17.1. The van der Waals surface area contributed by atoms with Gasteiger partial charge < -0.3 is 9.63 Å². The van der Waals surface area contributed by atoms with E-state index in [1.54, 1.807) is 25.2 Å². The SMILES string of the molecule is Cc1nc(CN2CCN(C(C(=O)O)c3c(C)noc3C)CC2)cs1. The zero-order valence-electron chi connectivity index (χ0n) is 14.2. The lowest BCUT2D eigenvalue weighted by Gasteiger charge is -2.37. The van der Waals surface area contributed by atoms with E-state index in [1.807, 2.05) is 11.8 Å². The summed E-state index contributed by atoms with van der Waals surface area (Å²) in [6.45, 7) is 9.44. The first-order chi connectivity index (χ1) is 11.5. The van der Waals surface area contributed by atoms with E-state index in [0.29, 0.717) is 30.1 Å². The Bertz CT molecular complexity index is 699. The lowest BCUT2D eigenvalue weighted by molar-refractivity contribution is -0.144. The second-order valence-electron chi connectivity index (χ2n) is 6.15. The highest BCUT2D eigenvalue weighted by atomic mass is 32.1. The summed E-state index contributed by atoms with van der Waals surface area (Å²) in [5.41, 5.74) is 2.43. The summed E-state index contributed by atoms with van der Waals surface area (Å²) in [6.07, 6.45) is 0. The molecule has 130 valence electrons. The van der Waals surface area contributed by atoms with Gasteiger partial charge in [-0.1, -0.05) is 5.16 Å². The van der Waals surface area contributed by atoms with Gasteiger partial charge in [0.2, 0.25) is 0 Å². The number of aliphatic carboxylic acids is 1. The molecular weight excluding hydrogens is 328 g/mol. The Morgan fingerprint density at radius 2 is 2.04 bits per heavy atom. The normalized spacial score (nSPS) is 18.0. The monoisotopic (exact) mass is 350 g/mol. The maximum absolute atomic E-state index is 11.8. The summed E-state index contributed by atoms with van der Waals surface area (Å²) in [7, 11) is 0. The first-order valence-corrected chi connectivity index (χ1v) is 8.86. The Morgan fingerprint density at radius 1 is 1.33 bits per heavy atom. The molecule has 1 aliphatic rings. The molecule has 1 atom stereocenters. The van der Waals surface area contributed by atoms with Crippen LogP contribution in [0.1, 0.15) is 33.8 Å². The van der Waals surface area contributed by atoms with E-state index in [2.05, 4.69) is 20.4 Å². The molecule has 3 rings (SSSR count).